The minimum atomic E-state index is -1.23. The lowest BCUT2D eigenvalue weighted by Crippen LogP contribution is -2.29. The first-order chi connectivity index (χ1) is 12.8. The van der Waals surface area contributed by atoms with Crippen LogP contribution in [-0.4, -0.2) is 33.3 Å². The molecule has 0 saturated carbocycles. The van der Waals surface area contributed by atoms with Crippen molar-refractivity contribution in [1.29, 1.82) is 0 Å². The summed E-state index contributed by atoms with van der Waals surface area (Å²) < 4.78 is 0. The van der Waals surface area contributed by atoms with Crippen molar-refractivity contribution in [2.24, 2.45) is 0 Å². The first kappa shape index (κ1) is 19.0. The van der Waals surface area contributed by atoms with Gasteiger partial charge in [-0.05, 0) is 47.9 Å². The summed E-state index contributed by atoms with van der Waals surface area (Å²) >= 11 is 0. The van der Waals surface area contributed by atoms with Gasteiger partial charge >= 0.3 is 0 Å². The third kappa shape index (κ3) is 3.69. The molecule has 0 aliphatic heterocycles. The van der Waals surface area contributed by atoms with Gasteiger partial charge in [-0.2, -0.15) is 0 Å². The Morgan fingerprint density at radius 2 is 1.04 bits per heavy atom. The topological polar surface area (TPSA) is 26.7 Å². The summed E-state index contributed by atoms with van der Waals surface area (Å²) in [5.41, 5.74) is 4.59. The van der Waals surface area contributed by atoms with E-state index in [4.69, 9.17) is 0 Å². The van der Waals surface area contributed by atoms with E-state index in [-0.39, 0.29) is 0 Å². The number of nitrogens with zero attached hydrogens (tertiary/aromatic N) is 2. The molecule has 0 aliphatic carbocycles. The van der Waals surface area contributed by atoms with E-state index >= 15 is 0 Å². The minimum Gasteiger partial charge on any atom is -0.378 e. The zero-order valence-corrected chi connectivity index (χ0v) is 16.8. The summed E-state index contributed by atoms with van der Waals surface area (Å²) in [6.07, 6.45) is 0. The number of anilines is 2. The van der Waals surface area contributed by atoms with Gasteiger partial charge < -0.3 is 14.9 Å². The number of aryl methyl sites for hydroxylation is 1. The number of rotatable bonds is 5. The van der Waals surface area contributed by atoms with Crippen LogP contribution in [0.25, 0.3) is 0 Å². The maximum absolute atomic E-state index is 12.1. The number of hydrogen-bond acceptors (Lipinski definition) is 3. The Bertz CT molecular complexity index is 879. The second-order valence-electron chi connectivity index (χ2n) is 7.47. The zero-order valence-electron chi connectivity index (χ0n) is 16.8. The largest absolute Gasteiger partial charge is 0.378 e. The minimum absolute atomic E-state index is 0.857. The first-order valence-electron chi connectivity index (χ1n) is 9.17. The average molecular weight is 361 g/mol. The normalized spacial score (nSPS) is 11.3. The van der Waals surface area contributed by atoms with Crippen LogP contribution in [0.15, 0.2) is 72.8 Å². The highest BCUT2D eigenvalue weighted by atomic mass is 16.3. The summed E-state index contributed by atoms with van der Waals surface area (Å²) in [7, 11) is 8.05. The lowest BCUT2D eigenvalue weighted by Gasteiger charge is -2.32. The van der Waals surface area contributed by atoms with Crippen molar-refractivity contribution in [2.75, 3.05) is 38.0 Å². The van der Waals surface area contributed by atoms with Crippen molar-refractivity contribution < 1.29 is 5.11 Å². The molecule has 0 radical (unpaired) electrons. The van der Waals surface area contributed by atoms with Gasteiger partial charge in [0.05, 0.1) is 0 Å². The molecule has 27 heavy (non-hydrogen) atoms. The van der Waals surface area contributed by atoms with Crippen LogP contribution in [0.1, 0.15) is 22.3 Å². The predicted molar refractivity (Wildman–Crippen MR) is 115 cm³/mol. The van der Waals surface area contributed by atoms with Crippen LogP contribution in [-0.2, 0) is 5.60 Å². The fourth-order valence-electron chi connectivity index (χ4n) is 3.39. The smallest absolute Gasteiger partial charge is 0.140 e. The van der Waals surface area contributed by atoms with Crippen molar-refractivity contribution in [3.63, 3.8) is 0 Å². The maximum atomic E-state index is 12.1. The summed E-state index contributed by atoms with van der Waals surface area (Å²) in [5.74, 6) is 0. The van der Waals surface area contributed by atoms with E-state index in [2.05, 4.69) is 53.1 Å². The van der Waals surface area contributed by atoms with Crippen LogP contribution in [0, 0.1) is 6.92 Å². The molecule has 0 fully saturated rings. The third-order valence-corrected chi connectivity index (χ3v) is 5.00. The highest BCUT2D eigenvalue weighted by molar-refractivity contribution is 5.58. The number of benzene rings is 3. The summed E-state index contributed by atoms with van der Waals surface area (Å²) in [6.45, 7) is 2.05. The summed E-state index contributed by atoms with van der Waals surface area (Å²) in [5, 5.41) is 12.1. The van der Waals surface area contributed by atoms with Crippen LogP contribution in [0.4, 0.5) is 11.4 Å². The van der Waals surface area contributed by atoms with E-state index in [9.17, 15) is 5.11 Å². The molecular formula is C24H28N2O. The second kappa shape index (κ2) is 7.45. The Labute approximate surface area is 162 Å². The molecule has 0 unspecified atom stereocenters. The molecule has 0 aromatic heterocycles. The van der Waals surface area contributed by atoms with E-state index < -0.39 is 5.60 Å². The Morgan fingerprint density at radius 3 is 1.44 bits per heavy atom. The van der Waals surface area contributed by atoms with Gasteiger partial charge in [-0.1, -0.05) is 54.1 Å². The van der Waals surface area contributed by atoms with E-state index in [1.165, 1.54) is 0 Å². The number of hydrogen-bond donors (Lipinski definition) is 1. The SMILES string of the molecule is Cc1cccc(C(O)(c2cccc(N(C)C)c2)c2cccc(N(C)C)c2)c1. The Hall–Kier alpha value is -2.78. The molecule has 0 heterocycles. The molecule has 140 valence electrons. The predicted octanol–water partition coefficient (Wildman–Crippen LogP) is 4.41. The highest BCUT2D eigenvalue weighted by Gasteiger charge is 2.34. The molecule has 0 saturated heterocycles. The van der Waals surface area contributed by atoms with Crippen LogP contribution >= 0.6 is 0 Å². The molecule has 0 bridgehead atoms. The molecule has 0 amide bonds. The van der Waals surface area contributed by atoms with Gasteiger partial charge in [0.25, 0.3) is 0 Å². The monoisotopic (exact) mass is 360 g/mol. The standard InChI is InChI=1S/C24H28N2O/c1-18-9-6-10-19(15-18)24(27,20-11-7-13-22(16-20)25(2)3)21-12-8-14-23(17-21)26(4)5/h6-17,27H,1-5H3. The van der Waals surface area contributed by atoms with Gasteiger partial charge in [-0.3, -0.25) is 0 Å². The molecule has 3 aromatic carbocycles. The maximum Gasteiger partial charge on any atom is 0.140 e. The Kier molecular flexibility index (Phi) is 5.24. The average Bonchev–Trinajstić information content (AvgIpc) is 2.67. The van der Waals surface area contributed by atoms with Crippen molar-refractivity contribution in [1.82, 2.24) is 0 Å². The molecule has 0 aliphatic rings. The van der Waals surface area contributed by atoms with Crippen molar-refractivity contribution >= 4 is 11.4 Å². The molecule has 3 nitrogen and oxygen atoms in total. The molecule has 1 N–H and O–H groups in total. The van der Waals surface area contributed by atoms with Crippen LogP contribution in [0.3, 0.4) is 0 Å². The van der Waals surface area contributed by atoms with E-state index in [1.807, 2.05) is 64.6 Å². The van der Waals surface area contributed by atoms with Crippen molar-refractivity contribution in [3.05, 3.63) is 95.1 Å². The molecule has 3 heteroatoms. The first-order valence-corrected chi connectivity index (χ1v) is 9.17. The molecule has 3 rings (SSSR count). The molecule has 3 aromatic rings. The van der Waals surface area contributed by atoms with Crippen LogP contribution in [0.2, 0.25) is 0 Å². The van der Waals surface area contributed by atoms with Crippen molar-refractivity contribution in [3.8, 4) is 0 Å². The second-order valence-corrected chi connectivity index (χ2v) is 7.47. The third-order valence-electron chi connectivity index (χ3n) is 5.00. The Balaban J connectivity index is 2.27. The fraction of sp³-hybridized carbons (Fsp3) is 0.250. The fourth-order valence-corrected chi connectivity index (χ4v) is 3.39. The zero-order chi connectivity index (χ0) is 19.6. The van der Waals surface area contributed by atoms with Gasteiger partial charge in [-0.15, -0.1) is 0 Å². The van der Waals surface area contributed by atoms with Crippen LogP contribution in [0.5, 0.6) is 0 Å². The van der Waals surface area contributed by atoms with Gasteiger partial charge in [-0.25, -0.2) is 0 Å². The van der Waals surface area contributed by atoms with E-state index in [0.717, 1.165) is 33.6 Å². The summed E-state index contributed by atoms with van der Waals surface area (Å²) in [4.78, 5) is 4.10. The Morgan fingerprint density at radius 1 is 0.630 bits per heavy atom. The van der Waals surface area contributed by atoms with Crippen molar-refractivity contribution in [2.45, 2.75) is 12.5 Å². The van der Waals surface area contributed by atoms with Gasteiger partial charge in [0, 0.05) is 39.6 Å². The van der Waals surface area contributed by atoms with E-state index in [1.54, 1.807) is 0 Å². The molecule has 0 spiro atoms. The van der Waals surface area contributed by atoms with Gasteiger partial charge in [0.1, 0.15) is 5.60 Å². The lowest BCUT2D eigenvalue weighted by molar-refractivity contribution is 0.125. The molecular weight excluding hydrogens is 332 g/mol. The van der Waals surface area contributed by atoms with E-state index in [0.29, 0.717) is 0 Å². The quantitative estimate of drug-likeness (QED) is 0.683. The number of aliphatic hydroxyl groups is 1. The van der Waals surface area contributed by atoms with Crippen LogP contribution < -0.4 is 9.80 Å². The summed E-state index contributed by atoms with van der Waals surface area (Å²) in [6, 6.07) is 24.3. The molecule has 0 atom stereocenters. The van der Waals surface area contributed by atoms with Gasteiger partial charge in [0.15, 0.2) is 0 Å². The van der Waals surface area contributed by atoms with Gasteiger partial charge in [0.2, 0.25) is 0 Å². The lowest BCUT2D eigenvalue weighted by atomic mass is 9.79. The highest BCUT2D eigenvalue weighted by Crippen LogP contribution is 2.39.